The Balaban J connectivity index is 2.02. The largest absolute Gasteiger partial charge is 0.497 e. The Morgan fingerprint density at radius 1 is 1.30 bits per heavy atom. The smallest absolute Gasteiger partial charge is 0.319 e. The first-order valence-electron chi connectivity index (χ1n) is 6.98. The van der Waals surface area contributed by atoms with E-state index in [-0.39, 0.29) is 6.61 Å². The van der Waals surface area contributed by atoms with Gasteiger partial charge in [0.2, 0.25) is 0 Å². The van der Waals surface area contributed by atoms with Crippen molar-refractivity contribution in [3.8, 4) is 11.8 Å². The van der Waals surface area contributed by atoms with E-state index in [2.05, 4.69) is 10.6 Å². The fraction of sp³-hybridized carbons (Fsp3) is 0.176. The average Bonchev–Trinajstić information content (AvgIpc) is 2.60. The summed E-state index contributed by atoms with van der Waals surface area (Å²) in [4.78, 5) is 12.0. The van der Waals surface area contributed by atoms with E-state index in [1.165, 1.54) is 0 Å². The van der Waals surface area contributed by atoms with Crippen LogP contribution in [0.5, 0.6) is 5.75 Å². The molecule has 0 saturated carbocycles. The Labute approximate surface area is 134 Å². The molecule has 0 fully saturated rings. The second kappa shape index (κ2) is 7.82. The van der Waals surface area contributed by atoms with Crippen molar-refractivity contribution in [1.82, 2.24) is 5.32 Å². The van der Waals surface area contributed by atoms with E-state index >= 15 is 0 Å². The van der Waals surface area contributed by atoms with Gasteiger partial charge in [0.05, 0.1) is 31.4 Å². The number of nitrogens with one attached hydrogen (secondary N) is 2. The lowest BCUT2D eigenvalue weighted by Gasteiger charge is -2.17. The van der Waals surface area contributed by atoms with Gasteiger partial charge < -0.3 is 20.5 Å². The molecule has 0 saturated heterocycles. The molecular weight excluding hydrogens is 294 g/mol. The molecule has 0 radical (unpaired) electrons. The highest BCUT2D eigenvalue weighted by molar-refractivity contribution is 5.89. The fourth-order valence-electron chi connectivity index (χ4n) is 2.06. The van der Waals surface area contributed by atoms with Crippen molar-refractivity contribution in [3.05, 3.63) is 59.7 Å². The molecule has 0 unspecified atom stereocenters. The van der Waals surface area contributed by atoms with E-state index < -0.39 is 12.1 Å². The number of ether oxygens (including phenoxy) is 1. The lowest BCUT2D eigenvalue weighted by Crippen LogP contribution is -2.34. The summed E-state index contributed by atoms with van der Waals surface area (Å²) < 4.78 is 5.08. The van der Waals surface area contributed by atoms with Crippen LogP contribution in [0.3, 0.4) is 0 Å². The quantitative estimate of drug-likeness (QED) is 0.790. The SMILES string of the molecule is COc1ccc([C@H](CO)NC(=O)Nc2cccc(C#N)c2)cc1. The molecule has 6 heteroatoms. The van der Waals surface area contributed by atoms with Gasteiger partial charge in [0, 0.05) is 5.69 Å². The van der Waals surface area contributed by atoms with Gasteiger partial charge in [0.1, 0.15) is 5.75 Å². The van der Waals surface area contributed by atoms with E-state index in [4.69, 9.17) is 10.00 Å². The summed E-state index contributed by atoms with van der Waals surface area (Å²) in [5.41, 5.74) is 1.72. The maximum atomic E-state index is 12.0. The molecule has 2 amide bonds. The molecule has 0 spiro atoms. The number of rotatable bonds is 5. The maximum absolute atomic E-state index is 12.0. The van der Waals surface area contributed by atoms with E-state index in [1.54, 1.807) is 55.6 Å². The molecule has 1 atom stereocenters. The molecule has 23 heavy (non-hydrogen) atoms. The molecule has 6 nitrogen and oxygen atoms in total. The number of hydrogen-bond donors (Lipinski definition) is 3. The molecule has 0 aliphatic heterocycles. The fourth-order valence-corrected chi connectivity index (χ4v) is 2.06. The van der Waals surface area contributed by atoms with Gasteiger partial charge in [-0.25, -0.2) is 4.79 Å². The Hall–Kier alpha value is -3.04. The van der Waals surface area contributed by atoms with Gasteiger partial charge in [0.15, 0.2) is 0 Å². The number of urea groups is 1. The second-order valence-electron chi connectivity index (χ2n) is 4.80. The minimum Gasteiger partial charge on any atom is -0.497 e. The van der Waals surface area contributed by atoms with Crippen molar-refractivity contribution in [2.24, 2.45) is 0 Å². The highest BCUT2D eigenvalue weighted by atomic mass is 16.5. The van der Waals surface area contributed by atoms with Crippen molar-refractivity contribution >= 4 is 11.7 Å². The van der Waals surface area contributed by atoms with Gasteiger partial charge in [-0.3, -0.25) is 0 Å². The Morgan fingerprint density at radius 2 is 2.04 bits per heavy atom. The number of carbonyl (C=O) groups is 1. The number of aliphatic hydroxyl groups excluding tert-OH is 1. The number of nitrogens with zero attached hydrogens (tertiary/aromatic N) is 1. The third-order valence-corrected chi connectivity index (χ3v) is 3.26. The predicted molar refractivity (Wildman–Crippen MR) is 86.1 cm³/mol. The normalized spacial score (nSPS) is 11.2. The highest BCUT2D eigenvalue weighted by Gasteiger charge is 2.14. The molecule has 0 aromatic heterocycles. The van der Waals surface area contributed by atoms with Crippen LogP contribution in [0, 0.1) is 11.3 Å². The van der Waals surface area contributed by atoms with Crippen LogP contribution >= 0.6 is 0 Å². The predicted octanol–water partition coefficient (Wildman–Crippen LogP) is 2.42. The standard InChI is InChI=1S/C17H17N3O3/c1-23-15-7-5-13(6-8-15)16(11-21)20-17(22)19-14-4-2-3-12(9-14)10-18/h2-9,16,21H,11H2,1H3,(H2,19,20,22)/t16-/m0/s1. The summed E-state index contributed by atoms with van der Waals surface area (Å²) in [6.45, 7) is -0.238. The van der Waals surface area contributed by atoms with Crippen LogP contribution in [-0.2, 0) is 0 Å². The van der Waals surface area contributed by atoms with E-state index in [0.717, 1.165) is 5.56 Å². The van der Waals surface area contributed by atoms with Crippen molar-refractivity contribution in [3.63, 3.8) is 0 Å². The van der Waals surface area contributed by atoms with Gasteiger partial charge in [-0.05, 0) is 35.9 Å². The number of amides is 2. The van der Waals surface area contributed by atoms with Gasteiger partial charge in [-0.15, -0.1) is 0 Å². The maximum Gasteiger partial charge on any atom is 0.319 e. The monoisotopic (exact) mass is 311 g/mol. The van der Waals surface area contributed by atoms with E-state index in [0.29, 0.717) is 17.0 Å². The summed E-state index contributed by atoms with van der Waals surface area (Å²) in [5.74, 6) is 0.697. The number of aliphatic hydroxyl groups is 1. The summed E-state index contributed by atoms with van der Waals surface area (Å²) in [5, 5.41) is 23.7. The summed E-state index contributed by atoms with van der Waals surface area (Å²) in [7, 11) is 1.57. The van der Waals surface area contributed by atoms with Crippen LogP contribution in [0.1, 0.15) is 17.2 Å². The summed E-state index contributed by atoms with van der Waals surface area (Å²) in [6.07, 6.45) is 0. The van der Waals surface area contributed by atoms with Gasteiger partial charge in [0.25, 0.3) is 0 Å². The van der Waals surface area contributed by atoms with Crippen LogP contribution in [-0.4, -0.2) is 24.9 Å². The number of nitriles is 1. The highest BCUT2D eigenvalue weighted by Crippen LogP contribution is 2.18. The lowest BCUT2D eigenvalue weighted by atomic mass is 10.1. The van der Waals surface area contributed by atoms with Crippen molar-refractivity contribution in [2.45, 2.75) is 6.04 Å². The molecule has 2 aromatic rings. The Kier molecular flexibility index (Phi) is 5.56. The van der Waals surface area contributed by atoms with Crippen LogP contribution in [0.25, 0.3) is 0 Å². The van der Waals surface area contributed by atoms with Crippen molar-refractivity contribution in [2.75, 3.05) is 19.0 Å². The number of anilines is 1. The molecule has 3 N–H and O–H groups in total. The topological polar surface area (TPSA) is 94.4 Å². The number of hydrogen-bond acceptors (Lipinski definition) is 4. The van der Waals surface area contributed by atoms with Crippen molar-refractivity contribution in [1.29, 1.82) is 5.26 Å². The molecule has 0 aliphatic rings. The zero-order valence-corrected chi connectivity index (χ0v) is 12.6. The van der Waals surface area contributed by atoms with Gasteiger partial charge in [-0.1, -0.05) is 18.2 Å². The minimum absolute atomic E-state index is 0.238. The van der Waals surface area contributed by atoms with Crippen LogP contribution in [0.4, 0.5) is 10.5 Å². The number of carbonyl (C=O) groups excluding carboxylic acids is 1. The minimum atomic E-state index is -0.542. The number of methoxy groups -OCH3 is 1. The van der Waals surface area contributed by atoms with E-state index in [1.807, 2.05) is 6.07 Å². The first kappa shape index (κ1) is 16.3. The third kappa shape index (κ3) is 4.46. The average molecular weight is 311 g/mol. The molecule has 2 aromatic carbocycles. The molecule has 118 valence electrons. The van der Waals surface area contributed by atoms with Crippen LogP contribution in [0.15, 0.2) is 48.5 Å². The summed E-state index contributed by atoms with van der Waals surface area (Å²) in [6, 6.07) is 14.6. The van der Waals surface area contributed by atoms with Crippen molar-refractivity contribution < 1.29 is 14.6 Å². The first-order valence-corrected chi connectivity index (χ1v) is 6.98. The lowest BCUT2D eigenvalue weighted by molar-refractivity contribution is 0.225. The molecule has 0 bridgehead atoms. The second-order valence-corrected chi connectivity index (χ2v) is 4.80. The van der Waals surface area contributed by atoms with Crippen LogP contribution in [0.2, 0.25) is 0 Å². The zero-order chi connectivity index (χ0) is 16.7. The van der Waals surface area contributed by atoms with E-state index in [9.17, 15) is 9.90 Å². The molecule has 0 heterocycles. The zero-order valence-electron chi connectivity index (χ0n) is 12.6. The Bertz CT molecular complexity index is 708. The molecule has 0 aliphatic carbocycles. The Morgan fingerprint density at radius 3 is 2.65 bits per heavy atom. The molecule has 2 rings (SSSR count). The third-order valence-electron chi connectivity index (χ3n) is 3.26. The van der Waals surface area contributed by atoms with Crippen LogP contribution < -0.4 is 15.4 Å². The first-order chi connectivity index (χ1) is 11.2. The summed E-state index contributed by atoms with van der Waals surface area (Å²) >= 11 is 0. The van der Waals surface area contributed by atoms with Gasteiger partial charge >= 0.3 is 6.03 Å². The van der Waals surface area contributed by atoms with Gasteiger partial charge in [-0.2, -0.15) is 5.26 Å². The molecular formula is C17H17N3O3. The number of benzene rings is 2.